The van der Waals surface area contributed by atoms with Gasteiger partial charge in [0.05, 0.1) is 12.7 Å². The molecular weight excluding hydrogens is 314 g/mol. The van der Waals surface area contributed by atoms with Crippen molar-refractivity contribution in [2.24, 2.45) is 7.05 Å². The SMILES string of the molecule is COc1ccc([C@H]2CC(=O)Nc3c2c(=O)nc(SC)n3C)cc1. The van der Waals surface area contributed by atoms with Gasteiger partial charge in [-0.3, -0.25) is 9.59 Å². The number of nitrogens with zero attached hydrogens (tertiary/aromatic N) is 2. The molecule has 1 aliphatic rings. The third-order valence-electron chi connectivity index (χ3n) is 4.00. The Balaban J connectivity index is 2.16. The summed E-state index contributed by atoms with van der Waals surface area (Å²) in [5.41, 5.74) is 1.15. The number of benzene rings is 1. The molecular formula is C16H17N3O3S. The van der Waals surface area contributed by atoms with Crippen LogP contribution in [0, 0.1) is 0 Å². The molecule has 1 N–H and O–H groups in total. The number of carbonyl (C=O) groups is 1. The molecule has 0 aliphatic carbocycles. The van der Waals surface area contributed by atoms with Crippen LogP contribution >= 0.6 is 11.8 Å². The van der Waals surface area contributed by atoms with Crippen molar-refractivity contribution in [3.05, 3.63) is 45.7 Å². The number of anilines is 1. The van der Waals surface area contributed by atoms with E-state index in [2.05, 4.69) is 10.3 Å². The Labute approximate surface area is 137 Å². The Morgan fingerprint density at radius 1 is 1.30 bits per heavy atom. The lowest BCUT2D eigenvalue weighted by Gasteiger charge is -2.27. The average molecular weight is 331 g/mol. The van der Waals surface area contributed by atoms with Crippen molar-refractivity contribution >= 4 is 23.5 Å². The summed E-state index contributed by atoms with van der Waals surface area (Å²) in [5.74, 6) is 0.864. The normalized spacial score (nSPS) is 16.7. The Kier molecular flexibility index (Phi) is 4.12. The lowest BCUT2D eigenvalue weighted by molar-refractivity contribution is -0.116. The molecule has 1 aromatic carbocycles. The topological polar surface area (TPSA) is 73.2 Å². The number of rotatable bonds is 3. The van der Waals surface area contributed by atoms with Crippen molar-refractivity contribution in [2.75, 3.05) is 18.7 Å². The van der Waals surface area contributed by atoms with Crippen molar-refractivity contribution in [3.8, 4) is 5.75 Å². The van der Waals surface area contributed by atoms with Crippen molar-refractivity contribution in [1.29, 1.82) is 0 Å². The Hall–Kier alpha value is -2.28. The molecule has 1 aromatic heterocycles. The van der Waals surface area contributed by atoms with Gasteiger partial charge in [-0.2, -0.15) is 4.98 Å². The molecule has 1 amide bonds. The lowest BCUT2D eigenvalue weighted by atomic mass is 9.87. The van der Waals surface area contributed by atoms with Crippen LogP contribution in [0.15, 0.2) is 34.2 Å². The van der Waals surface area contributed by atoms with Crippen LogP contribution in [0.25, 0.3) is 0 Å². The molecule has 0 saturated heterocycles. The first-order chi connectivity index (χ1) is 11.0. The molecule has 2 heterocycles. The van der Waals surface area contributed by atoms with Crippen molar-refractivity contribution in [2.45, 2.75) is 17.5 Å². The zero-order valence-corrected chi connectivity index (χ0v) is 13.9. The fourth-order valence-electron chi connectivity index (χ4n) is 2.84. The van der Waals surface area contributed by atoms with Crippen LogP contribution in [0.4, 0.5) is 5.82 Å². The zero-order chi connectivity index (χ0) is 16.6. The van der Waals surface area contributed by atoms with Crippen LogP contribution in [0.3, 0.4) is 0 Å². The predicted octanol–water partition coefficient (Wildman–Crippen LogP) is 1.98. The van der Waals surface area contributed by atoms with Gasteiger partial charge < -0.3 is 14.6 Å². The maximum absolute atomic E-state index is 12.5. The fraction of sp³-hybridized carbons (Fsp3) is 0.312. The molecule has 0 radical (unpaired) electrons. The quantitative estimate of drug-likeness (QED) is 0.688. The third-order valence-corrected chi connectivity index (χ3v) is 4.73. The van der Waals surface area contributed by atoms with E-state index in [-0.39, 0.29) is 23.8 Å². The van der Waals surface area contributed by atoms with Crippen LogP contribution in [0.5, 0.6) is 5.75 Å². The molecule has 7 heteroatoms. The summed E-state index contributed by atoms with van der Waals surface area (Å²) in [6.45, 7) is 0. The number of methoxy groups -OCH3 is 1. The van der Waals surface area contributed by atoms with Gasteiger partial charge in [0, 0.05) is 19.4 Å². The van der Waals surface area contributed by atoms with Crippen LogP contribution in [0.1, 0.15) is 23.5 Å². The zero-order valence-electron chi connectivity index (χ0n) is 13.1. The van der Waals surface area contributed by atoms with Gasteiger partial charge in [0.1, 0.15) is 11.6 Å². The smallest absolute Gasteiger partial charge is 0.279 e. The average Bonchev–Trinajstić information content (AvgIpc) is 2.57. The van der Waals surface area contributed by atoms with E-state index in [0.29, 0.717) is 16.5 Å². The molecule has 2 aromatic rings. The first-order valence-corrected chi connectivity index (χ1v) is 8.36. The largest absolute Gasteiger partial charge is 0.497 e. The number of ether oxygens (including phenoxy) is 1. The standard InChI is InChI=1S/C16H17N3O3S/c1-19-14-13(15(21)18-16(19)23-3)11(8-12(20)17-14)9-4-6-10(22-2)7-5-9/h4-7,11H,8H2,1-3H3,(H,17,20)/t11-/m1/s1. The van der Waals surface area contributed by atoms with Gasteiger partial charge in [-0.25, -0.2) is 0 Å². The molecule has 0 unspecified atom stereocenters. The number of hydrogen-bond donors (Lipinski definition) is 1. The summed E-state index contributed by atoms with van der Waals surface area (Å²) >= 11 is 1.37. The van der Waals surface area contributed by atoms with E-state index in [4.69, 9.17) is 4.74 Å². The van der Waals surface area contributed by atoms with Gasteiger partial charge in [0.25, 0.3) is 5.56 Å². The Bertz CT molecular complexity index is 815. The Morgan fingerprint density at radius 2 is 2.00 bits per heavy atom. The first-order valence-electron chi connectivity index (χ1n) is 7.14. The maximum atomic E-state index is 12.5. The third kappa shape index (κ3) is 2.72. The maximum Gasteiger partial charge on any atom is 0.279 e. The summed E-state index contributed by atoms with van der Waals surface area (Å²) in [4.78, 5) is 28.7. The van der Waals surface area contributed by atoms with Gasteiger partial charge in [0.2, 0.25) is 5.91 Å². The molecule has 0 spiro atoms. The lowest BCUT2D eigenvalue weighted by Crippen LogP contribution is -2.33. The predicted molar refractivity (Wildman–Crippen MR) is 89.3 cm³/mol. The minimum atomic E-state index is -0.299. The number of amides is 1. The second-order valence-corrected chi connectivity index (χ2v) is 6.08. The number of aromatic nitrogens is 2. The van der Waals surface area contributed by atoms with Crippen LogP contribution in [-0.4, -0.2) is 28.8 Å². The molecule has 0 bridgehead atoms. The van der Waals surface area contributed by atoms with Crippen molar-refractivity contribution < 1.29 is 9.53 Å². The molecule has 120 valence electrons. The molecule has 23 heavy (non-hydrogen) atoms. The minimum absolute atomic E-state index is 0.105. The van der Waals surface area contributed by atoms with E-state index in [1.807, 2.05) is 30.5 Å². The van der Waals surface area contributed by atoms with E-state index in [9.17, 15) is 9.59 Å². The molecule has 3 rings (SSSR count). The molecule has 0 saturated carbocycles. The highest BCUT2D eigenvalue weighted by atomic mass is 32.2. The molecule has 0 fully saturated rings. The molecule has 1 atom stereocenters. The van der Waals surface area contributed by atoms with E-state index in [1.165, 1.54) is 11.8 Å². The van der Waals surface area contributed by atoms with Crippen LogP contribution < -0.4 is 15.6 Å². The number of fused-ring (bicyclic) bond motifs is 1. The van der Waals surface area contributed by atoms with Gasteiger partial charge in [0.15, 0.2) is 5.16 Å². The summed E-state index contributed by atoms with van der Waals surface area (Å²) < 4.78 is 6.92. The van der Waals surface area contributed by atoms with E-state index in [1.54, 1.807) is 18.7 Å². The number of carbonyl (C=O) groups excluding carboxylic acids is 1. The van der Waals surface area contributed by atoms with Gasteiger partial charge in [-0.05, 0) is 24.0 Å². The monoisotopic (exact) mass is 331 g/mol. The minimum Gasteiger partial charge on any atom is -0.497 e. The Morgan fingerprint density at radius 3 is 2.61 bits per heavy atom. The summed E-state index contributed by atoms with van der Waals surface area (Å²) in [5, 5.41) is 3.39. The number of hydrogen-bond acceptors (Lipinski definition) is 5. The van der Waals surface area contributed by atoms with Crippen molar-refractivity contribution in [1.82, 2.24) is 9.55 Å². The van der Waals surface area contributed by atoms with E-state index in [0.717, 1.165) is 11.3 Å². The summed E-state index contributed by atoms with van der Waals surface area (Å²) in [6.07, 6.45) is 2.08. The highest BCUT2D eigenvalue weighted by Gasteiger charge is 2.31. The van der Waals surface area contributed by atoms with Crippen molar-refractivity contribution in [3.63, 3.8) is 0 Å². The van der Waals surface area contributed by atoms with Gasteiger partial charge >= 0.3 is 0 Å². The summed E-state index contributed by atoms with van der Waals surface area (Å²) in [7, 11) is 3.40. The van der Waals surface area contributed by atoms with Crippen LogP contribution in [-0.2, 0) is 11.8 Å². The van der Waals surface area contributed by atoms with Gasteiger partial charge in [-0.15, -0.1) is 0 Å². The highest BCUT2D eigenvalue weighted by Crippen LogP contribution is 2.35. The second kappa shape index (κ2) is 6.08. The first kappa shape index (κ1) is 15.6. The second-order valence-electron chi connectivity index (χ2n) is 5.30. The highest BCUT2D eigenvalue weighted by molar-refractivity contribution is 7.98. The van der Waals surface area contributed by atoms with Gasteiger partial charge in [-0.1, -0.05) is 23.9 Å². The molecule has 1 aliphatic heterocycles. The van der Waals surface area contributed by atoms with E-state index < -0.39 is 0 Å². The molecule has 6 nitrogen and oxygen atoms in total. The van der Waals surface area contributed by atoms with Crippen LogP contribution in [0.2, 0.25) is 0 Å². The summed E-state index contributed by atoms with van der Waals surface area (Å²) in [6, 6.07) is 7.42. The number of thioether (sulfide) groups is 1. The fourth-order valence-corrected chi connectivity index (χ4v) is 3.38. The van der Waals surface area contributed by atoms with E-state index >= 15 is 0 Å². The number of nitrogens with one attached hydrogen (secondary N) is 1.